The summed E-state index contributed by atoms with van der Waals surface area (Å²) in [6.07, 6.45) is 9.93. The molecule has 2 N–H and O–H groups in total. The number of unbranched alkanes of at least 4 members (excludes halogenated alkanes) is 6. The second kappa shape index (κ2) is 13.6. The van der Waals surface area contributed by atoms with Gasteiger partial charge in [0, 0.05) is 12.0 Å². The van der Waals surface area contributed by atoms with Gasteiger partial charge < -0.3 is 5.32 Å². The van der Waals surface area contributed by atoms with Crippen molar-refractivity contribution in [2.45, 2.75) is 58.3 Å². The summed E-state index contributed by atoms with van der Waals surface area (Å²) in [4.78, 5) is 23.4. The molecule has 0 spiro atoms. The number of nitrogens with one attached hydrogen (secondary N) is 2. The first-order valence-corrected chi connectivity index (χ1v) is 9.82. The summed E-state index contributed by atoms with van der Waals surface area (Å²) < 4.78 is 0. The average Bonchev–Trinajstić information content (AvgIpc) is 2.62. The molecule has 0 unspecified atom stereocenters. The Kier molecular flexibility index (Phi) is 11.7. The van der Waals surface area contributed by atoms with Crippen molar-refractivity contribution >= 4 is 41.2 Å². The molecular formula is C19H27Cl2N3O2. The molecule has 0 aliphatic heterocycles. The number of carbonyl (C=O) groups excluding carboxylic acids is 2. The molecule has 1 aromatic rings. The Hall–Kier alpha value is -1.59. The van der Waals surface area contributed by atoms with Crippen LogP contribution in [0.3, 0.4) is 0 Å². The van der Waals surface area contributed by atoms with Gasteiger partial charge in [-0.2, -0.15) is 5.10 Å². The maximum atomic E-state index is 11.7. The van der Waals surface area contributed by atoms with Crippen LogP contribution in [-0.2, 0) is 9.59 Å². The molecule has 0 aromatic heterocycles. The molecule has 1 aromatic carbocycles. The highest BCUT2D eigenvalue weighted by Crippen LogP contribution is 2.24. The van der Waals surface area contributed by atoms with Gasteiger partial charge in [-0.1, -0.05) is 80.8 Å². The lowest BCUT2D eigenvalue weighted by Crippen LogP contribution is -2.34. The van der Waals surface area contributed by atoms with Gasteiger partial charge >= 0.3 is 0 Å². The number of nitrogens with zero attached hydrogens (tertiary/aromatic N) is 1. The lowest BCUT2D eigenvalue weighted by Gasteiger charge is -2.05. The maximum absolute atomic E-state index is 11.7. The van der Waals surface area contributed by atoms with E-state index >= 15 is 0 Å². The van der Waals surface area contributed by atoms with E-state index in [9.17, 15) is 9.59 Å². The minimum atomic E-state index is -0.396. The summed E-state index contributed by atoms with van der Waals surface area (Å²) in [7, 11) is 0. The average molecular weight is 400 g/mol. The molecule has 0 saturated carbocycles. The third-order valence-corrected chi connectivity index (χ3v) is 4.66. The third kappa shape index (κ3) is 9.78. The first-order chi connectivity index (χ1) is 12.5. The van der Waals surface area contributed by atoms with Gasteiger partial charge in [0.05, 0.1) is 22.8 Å². The monoisotopic (exact) mass is 399 g/mol. The van der Waals surface area contributed by atoms with Crippen molar-refractivity contribution in [3.8, 4) is 0 Å². The Morgan fingerprint density at radius 1 is 1.04 bits per heavy atom. The van der Waals surface area contributed by atoms with Gasteiger partial charge in [-0.25, -0.2) is 5.43 Å². The van der Waals surface area contributed by atoms with E-state index in [2.05, 4.69) is 22.8 Å². The van der Waals surface area contributed by atoms with E-state index in [1.165, 1.54) is 31.9 Å². The Balaban J connectivity index is 2.14. The highest BCUT2D eigenvalue weighted by Gasteiger charge is 2.05. The summed E-state index contributed by atoms with van der Waals surface area (Å²) in [5, 5.41) is 7.19. The van der Waals surface area contributed by atoms with Crippen LogP contribution in [-0.4, -0.2) is 24.6 Å². The number of halogens is 2. The Morgan fingerprint density at radius 3 is 2.46 bits per heavy atom. The predicted molar refractivity (Wildman–Crippen MR) is 108 cm³/mol. The molecule has 0 heterocycles. The van der Waals surface area contributed by atoms with Gasteiger partial charge in [-0.3, -0.25) is 9.59 Å². The minimum absolute atomic E-state index is 0.101. The fourth-order valence-corrected chi connectivity index (χ4v) is 2.70. The van der Waals surface area contributed by atoms with Crippen molar-refractivity contribution in [1.82, 2.24) is 10.7 Å². The zero-order valence-electron chi connectivity index (χ0n) is 15.2. The molecule has 0 fully saturated rings. The Bertz CT molecular complexity index is 606. The number of hydrogen-bond acceptors (Lipinski definition) is 3. The molecule has 144 valence electrons. The quantitative estimate of drug-likeness (QED) is 0.303. The van der Waals surface area contributed by atoms with Crippen LogP contribution in [0.25, 0.3) is 0 Å². The number of hydrazone groups is 1. The third-order valence-electron chi connectivity index (χ3n) is 3.83. The molecule has 2 amide bonds. The van der Waals surface area contributed by atoms with E-state index < -0.39 is 5.91 Å². The molecule has 0 radical (unpaired) electrons. The van der Waals surface area contributed by atoms with Crippen LogP contribution in [0, 0.1) is 0 Å². The molecule has 0 atom stereocenters. The first kappa shape index (κ1) is 22.5. The van der Waals surface area contributed by atoms with Crippen molar-refractivity contribution in [3.05, 3.63) is 33.8 Å². The van der Waals surface area contributed by atoms with Crippen LogP contribution in [0.1, 0.15) is 63.9 Å². The van der Waals surface area contributed by atoms with Gasteiger partial charge in [0.25, 0.3) is 5.91 Å². The molecule has 26 heavy (non-hydrogen) atoms. The highest BCUT2D eigenvalue weighted by atomic mass is 35.5. The highest BCUT2D eigenvalue weighted by molar-refractivity contribution is 6.43. The van der Waals surface area contributed by atoms with Crippen LogP contribution in [0.5, 0.6) is 0 Å². The molecular weight excluding hydrogens is 373 g/mol. The van der Waals surface area contributed by atoms with Crippen LogP contribution in [0.2, 0.25) is 10.0 Å². The number of rotatable bonds is 12. The van der Waals surface area contributed by atoms with E-state index in [1.54, 1.807) is 18.2 Å². The summed E-state index contributed by atoms with van der Waals surface area (Å²) in [5.74, 6) is -0.511. The Morgan fingerprint density at radius 2 is 1.73 bits per heavy atom. The van der Waals surface area contributed by atoms with Crippen molar-refractivity contribution < 1.29 is 9.59 Å². The van der Waals surface area contributed by atoms with Gasteiger partial charge in [0.15, 0.2) is 0 Å². The van der Waals surface area contributed by atoms with Gasteiger partial charge in [-0.15, -0.1) is 0 Å². The second-order valence-corrected chi connectivity index (χ2v) is 6.87. The fourth-order valence-electron chi connectivity index (χ4n) is 2.34. The zero-order valence-corrected chi connectivity index (χ0v) is 16.7. The van der Waals surface area contributed by atoms with E-state index in [1.807, 2.05) is 0 Å². The van der Waals surface area contributed by atoms with E-state index in [-0.39, 0.29) is 12.5 Å². The molecule has 0 aliphatic rings. The predicted octanol–water partition coefficient (Wildman–Crippen LogP) is 4.70. The van der Waals surface area contributed by atoms with E-state index in [0.29, 0.717) is 22.0 Å². The lowest BCUT2D eigenvalue weighted by atomic mass is 10.1. The summed E-state index contributed by atoms with van der Waals surface area (Å²) in [5.41, 5.74) is 2.94. The largest absolute Gasteiger partial charge is 0.347 e. The number of hydrogen-bond donors (Lipinski definition) is 2. The summed E-state index contributed by atoms with van der Waals surface area (Å²) >= 11 is 11.9. The van der Waals surface area contributed by atoms with Crippen LogP contribution >= 0.6 is 23.2 Å². The van der Waals surface area contributed by atoms with Crippen LogP contribution in [0.15, 0.2) is 23.3 Å². The molecule has 0 bridgehead atoms. The van der Waals surface area contributed by atoms with E-state index in [4.69, 9.17) is 23.2 Å². The number of amides is 2. The normalized spacial score (nSPS) is 10.9. The SMILES string of the molecule is CCCCCCCCCC(=O)NCC(=O)NN=Cc1cccc(Cl)c1Cl. The van der Waals surface area contributed by atoms with Crippen molar-refractivity contribution in [3.63, 3.8) is 0 Å². The Labute approximate surface area is 165 Å². The molecule has 1 rings (SSSR count). The van der Waals surface area contributed by atoms with Crippen LogP contribution < -0.4 is 10.7 Å². The lowest BCUT2D eigenvalue weighted by molar-refractivity contribution is -0.126. The molecule has 0 aliphatic carbocycles. The minimum Gasteiger partial charge on any atom is -0.347 e. The second-order valence-electron chi connectivity index (χ2n) is 6.08. The smallest absolute Gasteiger partial charge is 0.259 e. The van der Waals surface area contributed by atoms with Crippen molar-refractivity contribution in [2.24, 2.45) is 5.10 Å². The van der Waals surface area contributed by atoms with Gasteiger partial charge in [0.2, 0.25) is 5.91 Å². The fraction of sp³-hybridized carbons (Fsp3) is 0.526. The van der Waals surface area contributed by atoms with Crippen LogP contribution in [0.4, 0.5) is 0 Å². The summed E-state index contributed by atoms with van der Waals surface area (Å²) in [6.45, 7) is 2.09. The number of carbonyl (C=O) groups is 2. The van der Waals surface area contributed by atoms with Gasteiger partial charge in [0.1, 0.15) is 0 Å². The van der Waals surface area contributed by atoms with E-state index in [0.717, 1.165) is 19.3 Å². The number of benzene rings is 1. The molecule has 0 saturated heterocycles. The zero-order chi connectivity index (χ0) is 19.2. The standard InChI is InChI=1S/C19H27Cl2N3O2/c1-2-3-4-5-6-7-8-12-17(25)22-14-18(26)24-23-13-15-10-9-11-16(20)19(15)21/h9-11,13H,2-8,12,14H2,1H3,(H,22,25)(H,24,26). The molecule has 5 nitrogen and oxygen atoms in total. The summed E-state index contributed by atoms with van der Waals surface area (Å²) in [6, 6.07) is 5.13. The first-order valence-electron chi connectivity index (χ1n) is 9.07. The van der Waals surface area contributed by atoms with Crippen molar-refractivity contribution in [2.75, 3.05) is 6.54 Å². The van der Waals surface area contributed by atoms with Gasteiger partial charge in [-0.05, 0) is 12.5 Å². The maximum Gasteiger partial charge on any atom is 0.259 e. The topological polar surface area (TPSA) is 70.6 Å². The van der Waals surface area contributed by atoms with Crippen molar-refractivity contribution in [1.29, 1.82) is 0 Å². The molecule has 7 heteroatoms.